The summed E-state index contributed by atoms with van der Waals surface area (Å²) in [5.74, 6) is 0.199. The molecule has 1 aromatic rings. The minimum Gasteiger partial charge on any atom is -0.339 e. The molecule has 1 unspecified atom stereocenters. The van der Waals surface area contributed by atoms with Crippen LogP contribution in [0.1, 0.15) is 46.0 Å². The Hall–Kier alpha value is -1.63. The number of likely N-dealkylation sites (N-methyl/N-ethyl adjacent to an activating group) is 1. The predicted molar refractivity (Wildman–Crippen MR) is 122 cm³/mol. The first-order valence-corrected chi connectivity index (χ1v) is 11.7. The smallest absolute Gasteiger partial charge is 0.239 e. The van der Waals surface area contributed by atoms with Crippen LogP contribution in [0, 0.1) is 0 Å². The predicted octanol–water partition coefficient (Wildman–Crippen LogP) is 3.47. The number of anilines is 1. The molecule has 30 heavy (non-hydrogen) atoms. The molecule has 7 heteroatoms. The van der Waals surface area contributed by atoms with Gasteiger partial charge in [-0.2, -0.15) is 0 Å². The maximum absolute atomic E-state index is 13.2. The first-order chi connectivity index (χ1) is 14.5. The number of para-hydroxylation sites is 1. The van der Waals surface area contributed by atoms with Gasteiger partial charge in [0.15, 0.2) is 0 Å². The second-order valence-electron chi connectivity index (χ2n) is 8.43. The highest BCUT2D eigenvalue weighted by Gasteiger charge is 2.32. The molecule has 1 saturated heterocycles. The molecule has 166 valence electrons. The van der Waals surface area contributed by atoms with Gasteiger partial charge in [-0.05, 0) is 38.8 Å². The van der Waals surface area contributed by atoms with Crippen molar-refractivity contribution in [3.05, 3.63) is 29.3 Å². The van der Waals surface area contributed by atoms with Gasteiger partial charge in [-0.15, -0.1) is 0 Å². The van der Waals surface area contributed by atoms with Gasteiger partial charge in [0.25, 0.3) is 0 Å². The van der Waals surface area contributed by atoms with E-state index in [0.717, 1.165) is 45.6 Å². The molecule has 3 rings (SSSR count). The Kier molecular flexibility index (Phi) is 8.54. The van der Waals surface area contributed by atoms with Crippen molar-refractivity contribution in [3.8, 4) is 0 Å². The molecule has 0 bridgehead atoms. The summed E-state index contributed by atoms with van der Waals surface area (Å²) in [6.07, 6.45) is 6.04. The fraction of sp³-hybridized carbons (Fsp3) is 0.652. The molecule has 0 radical (unpaired) electrons. The molecular weight excluding hydrogens is 400 g/mol. The number of nitrogens with zero attached hydrogens (tertiary/aromatic N) is 3. The Morgan fingerprint density at radius 2 is 1.80 bits per heavy atom. The van der Waals surface area contributed by atoms with Crippen LogP contribution in [0.2, 0.25) is 5.02 Å². The minimum atomic E-state index is -0.106. The second-order valence-corrected chi connectivity index (χ2v) is 8.84. The number of nitrogens with one attached hydrogen (secondary N) is 1. The van der Waals surface area contributed by atoms with Crippen LogP contribution in [0.25, 0.3) is 0 Å². The van der Waals surface area contributed by atoms with E-state index in [1.54, 1.807) is 12.1 Å². The highest BCUT2D eigenvalue weighted by atomic mass is 35.5. The van der Waals surface area contributed by atoms with Crippen molar-refractivity contribution < 1.29 is 9.59 Å². The fourth-order valence-corrected chi connectivity index (χ4v) is 4.83. The van der Waals surface area contributed by atoms with E-state index in [9.17, 15) is 9.59 Å². The van der Waals surface area contributed by atoms with Crippen molar-refractivity contribution in [1.29, 1.82) is 0 Å². The summed E-state index contributed by atoms with van der Waals surface area (Å²) in [5, 5.41) is 3.42. The molecule has 0 spiro atoms. The Balaban J connectivity index is 1.46. The third-order valence-electron chi connectivity index (χ3n) is 6.47. The standard InChI is InChI=1S/C23H35ClN4O2/c1-3-28(19-9-5-4-6-10-19)23(30)18(2)27-15-13-26(14-16-27)17-22(29)25-21-12-8-7-11-20(21)24/h7-8,11-12,18-19H,3-6,9-10,13-17H2,1-2H3,(H,25,29). The lowest BCUT2D eigenvalue weighted by Gasteiger charge is -2.41. The first-order valence-electron chi connectivity index (χ1n) is 11.3. The maximum atomic E-state index is 13.2. The topological polar surface area (TPSA) is 55.9 Å². The van der Waals surface area contributed by atoms with Crippen LogP contribution >= 0.6 is 11.6 Å². The molecule has 2 amide bonds. The average Bonchev–Trinajstić information content (AvgIpc) is 2.76. The van der Waals surface area contributed by atoms with Crippen molar-refractivity contribution in [2.75, 3.05) is 44.6 Å². The van der Waals surface area contributed by atoms with Gasteiger partial charge in [-0.25, -0.2) is 0 Å². The average molecular weight is 435 g/mol. The summed E-state index contributed by atoms with van der Waals surface area (Å²) < 4.78 is 0. The zero-order chi connectivity index (χ0) is 21.5. The quantitative estimate of drug-likeness (QED) is 0.713. The third-order valence-corrected chi connectivity index (χ3v) is 6.80. The highest BCUT2D eigenvalue weighted by molar-refractivity contribution is 6.33. The number of carbonyl (C=O) groups excluding carboxylic acids is 2. The molecule has 1 saturated carbocycles. The Labute approximate surface area is 185 Å². The van der Waals surface area contributed by atoms with Crippen molar-refractivity contribution in [2.45, 2.75) is 58.0 Å². The van der Waals surface area contributed by atoms with E-state index in [0.29, 0.717) is 23.3 Å². The second kappa shape index (κ2) is 11.1. The van der Waals surface area contributed by atoms with Gasteiger partial charge >= 0.3 is 0 Å². The number of rotatable bonds is 7. The summed E-state index contributed by atoms with van der Waals surface area (Å²) in [6, 6.07) is 7.57. The fourth-order valence-electron chi connectivity index (χ4n) is 4.65. The van der Waals surface area contributed by atoms with E-state index >= 15 is 0 Å². The Bertz CT molecular complexity index is 715. The number of hydrogen-bond donors (Lipinski definition) is 1. The lowest BCUT2D eigenvalue weighted by atomic mass is 9.93. The van der Waals surface area contributed by atoms with E-state index in [1.165, 1.54) is 19.3 Å². The monoisotopic (exact) mass is 434 g/mol. The normalized spacial score (nSPS) is 20.0. The largest absolute Gasteiger partial charge is 0.339 e. The summed E-state index contributed by atoms with van der Waals surface area (Å²) in [5.41, 5.74) is 0.643. The van der Waals surface area contributed by atoms with E-state index in [1.807, 2.05) is 19.1 Å². The van der Waals surface area contributed by atoms with Crippen LogP contribution in [0.5, 0.6) is 0 Å². The van der Waals surface area contributed by atoms with E-state index in [4.69, 9.17) is 11.6 Å². The van der Waals surface area contributed by atoms with E-state index < -0.39 is 0 Å². The van der Waals surface area contributed by atoms with Gasteiger partial charge < -0.3 is 10.2 Å². The van der Waals surface area contributed by atoms with Crippen LogP contribution in [-0.4, -0.2) is 77.9 Å². The molecule has 6 nitrogen and oxygen atoms in total. The van der Waals surface area contributed by atoms with Gasteiger partial charge in [0.05, 0.1) is 23.3 Å². The molecular formula is C23H35ClN4O2. The van der Waals surface area contributed by atoms with Crippen LogP contribution in [0.4, 0.5) is 5.69 Å². The maximum Gasteiger partial charge on any atom is 0.239 e. The lowest BCUT2D eigenvalue weighted by Crippen LogP contribution is -2.56. The molecule has 0 aromatic heterocycles. The zero-order valence-electron chi connectivity index (χ0n) is 18.3. The Morgan fingerprint density at radius 3 is 2.43 bits per heavy atom. The summed E-state index contributed by atoms with van der Waals surface area (Å²) in [7, 11) is 0. The van der Waals surface area contributed by atoms with Crippen molar-refractivity contribution in [2.24, 2.45) is 0 Å². The van der Waals surface area contributed by atoms with E-state index in [2.05, 4.69) is 26.9 Å². The zero-order valence-corrected chi connectivity index (χ0v) is 19.0. The SMILES string of the molecule is CCN(C(=O)C(C)N1CCN(CC(=O)Nc2ccccc2Cl)CC1)C1CCCCC1. The molecule has 1 N–H and O–H groups in total. The van der Waals surface area contributed by atoms with Crippen molar-refractivity contribution in [1.82, 2.24) is 14.7 Å². The van der Waals surface area contributed by atoms with Crippen LogP contribution in [0.3, 0.4) is 0 Å². The number of carbonyl (C=O) groups is 2. The molecule has 2 fully saturated rings. The number of piperazine rings is 1. The molecule has 1 atom stereocenters. The van der Waals surface area contributed by atoms with Gasteiger partial charge in [0, 0.05) is 38.8 Å². The molecule has 1 aliphatic heterocycles. The van der Waals surface area contributed by atoms with Gasteiger partial charge in [0.2, 0.25) is 11.8 Å². The van der Waals surface area contributed by atoms with Gasteiger partial charge in [-0.3, -0.25) is 19.4 Å². The molecule has 1 aromatic carbocycles. The van der Waals surface area contributed by atoms with Crippen molar-refractivity contribution in [3.63, 3.8) is 0 Å². The summed E-state index contributed by atoms with van der Waals surface area (Å²) >= 11 is 6.12. The van der Waals surface area contributed by atoms with Gasteiger partial charge in [-0.1, -0.05) is 43.0 Å². The Morgan fingerprint density at radius 1 is 1.13 bits per heavy atom. The molecule has 1 heterocycles. The number of hydrogen-bond acceptors (Lipinski definition) is 4. The minimum absolute atomic E-state index is 0.0601. The first kappa shape index (κ1) is 23.0. The number of amides is 2. The third kappa shape index (κ3) is 5.96. The molecule has 1 aliphatic carbocycles. The van der Waals surface area contributed by atoms with Crippen LogP contribution in [-0.2, 0) is 9.59 Å². The lowest BCUT2D eigenvalue weighted by molar-refractivity contribution is -0.140. The summed E-state index contributed by atoms with van der Waals surface area (Å²) in [4.78, 5) is 32.0. The van der Waals surface area contributed by atoms with Gasteiger partial charge in [0.1, 0.15) is 0 Å². The number of halogens is 1. The van der Waals surface area contributed by atoms with Crippen LogP contribution in [0.15, 0.2) is 24.3 Å². The van der Waals surface area contributed by atoms with E-state index in [-0.39, 0.29) is 17.9 Å². The number of benzene rings is 1. The molecule has 2 aliphatic rings. The van der Waals surface area contributed by atoms with Crippen LogP contribution < -0.4 is 5.32 Å². The van der Waals surface area contributed by atoms with Crippen molar-refractivity contribution >= 4 is 29.1 Å². The highest BCUT2D eigenvalue weighted by Crippen LogP contribution is 2.24. The summed E-state index contributed by atoms with van der Waals surface area (Å²) in [6.45, 7) is 8.41.